The SMILES string of the molecule is Cc1cc(C)nc(Nc2cccc(C(=O)Nc3ccc(N4CCOCC4)cc3)c2)n1. The van der Waals surface area contributed by atoms with E-state index in [-0.39, 0.29) is 5.91 Å². The van der Waals surface area contributed by atoms with Crippen LogP contribution in [0.5, 0.6) is 0 Å². The lowest BCUT2D eigenvalue weighted by Gasteiger charge is -2.28. The Kier molecular flexibility index (Phi) is 5.90. The van der Waals surface area contributed by atoms with Crippen molar-refractivity contribution in [3.63, 3.8) is 0 Å². The number of nitrogens with zero attached hydrogens (tertiary/aromatic N) is 3. The van der Waals surface area contributed by atoms with Crippen LogP contribution in [0.3, 0.4) is 0 Å². The molecular weight excluding hydrogens is 378 g/mol. The molecule has 2 N–H and O–H groups in total. The van der Waals surface area contributed by atoms with Gasteiger partial charge in [0.25, 0.3) is 5.91 Å². The van der Waals surface area contributed by atoms with Crippen LogP contribution in [0, 0.1) is 13.8 Å². The lowest BCUT2D eigenvalue weighted by molar-refractivity contribution is 0.102. The molecule has 0 bridgehead atoms. The van der Waals surface area contributed by atoms with Crippen LogP contribution < -0.4 is 15.5 Å². The highest BCUT2D eigenvalue weighted by Gasteiger charge is 2.12. The first-order valence-corrected chi connectivity index (χ1v) is 10.0. The lowest BCUT2D eigenvalue weighted by atomic mass is 10.1. The van der Waals surface area contributed by atoms with E-state index < -0.39 is 0 Å². The Morgan fingerprint density at radius 3 is 2.33 bits per heavy atom. The molecule has 30 heavy (non-hydrogen) atoms. The maximum absolute atomic E-state index is 12.7. The minimum Gasteiger partial charge on any atom is -0.378 e. The van der Waals surface area contributed by atoms with Gasteiger partial charge in [0.2, 0.25) is 5.95 Å². The second kappa shape index (κ2) is 8.92. The molecule has 7 heteroatoms. The number of amides is 1. The van der Waals surface area contributed by atoms with Gasteiger partial charge in [-0.05, 0) is 62.4 Å². The highest BCUT2D eigenvalue weighted by atomic mass is 16.5. The molecule has 0 unspecified atom stereocenters. The summed E-state index contributed by atoms with van der Waals surface area (Å²) in [4.78, 5) is 23.8. The third-order valence-electron chi connectivity index (χ3n) is 4.86. The number of hydrogen-bond acceptors (Lipinski definition) is 6. The maximum Gasteiger partial charge on any atom is 0.255 e. The van der Waals surface area contributed by atoms with Gasteiger partial charge in [0.1, 0.15) is 0 Å². The van der Waals surface area contributed by atoms with Gasteiger partial charge in [-0.25, -0.2) is 9.97 Å². The van der Waals surface area contributed by atoms with E-state index >= 15 is 0 Å². The van der Waals surface area contributed by atoms with Crippen molar-refractivity contribution < 1.29 is 9.53 Å². The number of carbonyl (C=O) groups is 1. The van der Waals surface area contributed by atoms with Crippen LogP contribution in [0.4, 0.5) is 23.0 Å². The number of rotatable bonds is 5. The molecule has 154 valence electrons. The van der Waals surface area contributed by atoms with E-state index in [4.69, 9.17) is 4.74 Å². The van der Waals surface area contributed by atoms with Gasteiger partial charge < -0.3 is 20.3 Å². The topological polar surface area (TPSA) is 79.4 Å². The van der Waals surface area contributed by atoms with E-state index in [1.165, 1.54) is 0 Å². The summed E-state index contributed by atoms with van der Waals surface area (Å²) in [5.41, 5.74) is 4.99. The van der Waals surface area contributed by atoms with Crippen LogP contribution in [0.1, 0.15) is 21.7 Å². The second-order valence-corrected chi connectivity index (χ2v) is 7.28. The summed E-state index contributed by atoms with van der Waals surface area (Å²) in [6.07, 6.45) is 0. The molecule has 1 aliphatic rings. The molecule has 3 aromatic rings. The minimum atomic E-state index is -0.167. The molecular formula is C23H25N5O2. The fourth-order valence-corrected chi connectivity index (χ4v) is 3.43. The molecule has 7 nitrogen and oxygen atoms in total. The fraction of sp³-hybridized carbons (Fsp3) is 0.261. The first-order valence-electron chi connectivity index (χ1n) is 10.0. The average Bonchev–Trinajstić information content (AvgIpc) is 2.74. The zero-order chi connectivity index (χ0) is 20.9. The number of hydrogen-bond donors (Lipinski definition) is 2. The van der Waals surface area contributed by atoms with Gasteiger partial charge >= 0.3 is 0 Å². The largest absolute Gasteiger partial charge is 0.378 e. The van der Waals surface area contributed by atoms with Crippen molar-refractivity contribution in [1.29, 1.82) is 0 Å². The molecule has 1 aromatic heterocycles. The van der Waals surface area contributed by atoms with Crippen molar-refractivity contribution in [1.82, 2.24) is 9.97 Å². The Labute approximate surface area is 176 Å². The van der Waals surface area contributed by atoms with Crippen molar-refractivity contribution in [3.05, 3.63) is 71.5 Å². The summed E-state index contributed by atoms with van der Waals surface area (Å²) in [5, 5.41) is 6.13. The predicted molar refractivity (Wildman–Crippen MR) is 119 cm³/mol. The van der Waals surface area contributed by atoms with Crippen LogP contribution in [-0.2, 0) is 4.74 Å². The number of benzene rings is 2. The molecule has 0 spiro atoms. The van der Waals surface area contributed by atoms with Crippen LogP contribution in [0.25, 0.3) is 0 Å². The monoisotopic (exact) mass is 403 g/mol. The minimum absolute atomic E-state index is 0.167. The average molecular weight is 403 g/mol. The summed E-state index contributed by atoms with van der Waals surface area (Å²) in [6.45, 7) is 7.11. The number of nitrogens with one attached hydrogen (secondary N) is 2. The summed E-state index contributed by atoms with van der Waals surface area (Å²) < 4.78 is 5.39. The van der Waals surface area contributed by atoms with Crippen molar-refractivity contribution in [3.8, 4) is 0 Å². The second-order valence-electron chi connectivity index (χ2n) is 7.28. The van der Waals surface area contributed by atoms with Crippen molar-refractivity contribution >= 4 is 28.9 Å². The van der Waals surface area contributed by atoms with Crippen LogP contribution in [0.2, 0.25) is 0 Å². The Bertz CT molecular complexity index is 1010. The normalized spacial score (nSPS) is 13.7. The highest BCUT2D eigenvalue weighted by molar-refractivity contribution is 6.04. The van der Waals surface area contributed by atoms with Gasteiger partial charge in [-0.1, -0.05) is 6.07 Å². The standard InChI is InChI=1S/C23H25N5O2/c1-16-14-17(2)25-23(24-16)27-20-5-3-4-18(15-20)22(29)26-19-6-8-21(9-7-19)28-10-12-30-13-11-28/h3-9,14-15H,10-13H2,1-2H3,(H,26,29)(H,24,25,27). The number of anilines is 4. The molecule has 2 aromatic carbocycles. The molecule has 0 aliphatic carbocycles. The molecule has 1 aliphatic heterocycles. The van der Waals surface area contributed by atoms with Gasteiger partial charge in [0, 0.05) is 47.1 Å². The number of carbonyl (C=O) groups excluding carboxylic acids is 1. The van der Waals surface area contributed by atoms with E-state index in [9.17, 15) is 4.79 Å². The zero-order valence-electron chi connectivity index (χ0n) is 17.2. The Hall–Kier alpha value is -3.45. The van der Waals surface area contributed by atoms with Gasteiger partial charge in [-0.15, -0.1) is 0 Å². The molecule has 2 heterocycles. The van der Waals surface area contributed by atoms with E-state index in [2.05, 4.69) is 25.5 Å². The smallest absolute Gasteiger partial charge is 0.255 e. The third-order valence-corrected chi connectivity index (χ3v) is 4.86. The van der Waals surface area contributed by atoms with E-state index in [1.54, 1.807) is 12.1 Å². The third kappa shape index (κ3) is 4.93. The van der Waals surface area contributed by atoms with Crippen molar-refractivity contribution in [2.75, 3.05) is 41.8 Å². The molecule has 1 amide bonds. The number of morpholine rings is 1. The quantitative estimate of drug-likeness (QED) is 0.672. The highest BCUT2D eigenvalue weighted by Crippen LogP contribution is 2.21. The molecule has 0 atom stereocenters. The Balaban J connectivity index is 1.42. The molecule has 1 fully saturated rings. The summed E-state index contributed by atoms with van der Waals surface area (Å²) in [6, 6.07) is 17.1. The molecule has 0 saturated carbocycles. The maximum atomic E-state index is 12.7. The lowest BCUT2D eigenvalue weighted by Crippen LogP contribution is -2.36. The van der Waals surface area contributed by atoms with Gasteiger partial charge in [0.15, 0.2) is 0 Å². The molecule has 0 radical (unpaired) electrons. The van der Waals surface area contributed by atoms with Gasteiger partial charge in [-0.3, -0.25) is 4.79 Å². The Morgan fingerprint density at radius 2 is 1.63 bits per heavy atom. The summed E-state index contributed by atoms with van der Waals surface area (Å²) >= 11 is 0. The van der Waals surface area contributed by atoms with Crippen molar-refractivity contribution in [2.24, 2.45) is 0 Å². The van der Waals surface area contributed by atoms with Crippen molar-refractivity contribution in [2.45, 2.75) is 13.8 Å². The first kappa shape index (κ1) is 19.8. The molecule has 4 rings (SSSR count). The van der Waals surface area contributed by atoms with E-state index in [0.29, 0.717) is 11.5 Å². The fourth-order valence-electron chi connectivity index (χ4n) is 3.43. The van der Waals surface area contributed by atoms with Gasteiger partial charge in [-0.2, -0.15) is 0 Å². The summed E-state index contributed by atoms with van der Waals surface area (Å²) in [7, 11) is 0. The summed E-state index contributed by atoms with van der Waals surface area (Å²) in [5.74, 6) is 0.350. The van der Waals surface area contributed by atoms with E-state index in [0.717, 1.165) is 54.8 Å². The van der Waals surface area contributed by atoms with Crippen LogP contribution >= 0.6 is 0 Å². The predicted octanol–water partition coefficient (Wildman–Crippen LogP) is 3.93. The van der Waals surface area contributed by atoms with E-state index in [1.807, 2.05) is 56.3 Å². The van der Waals surface area contributed by atoms with Crippen LogP contribution in [-0.4, -0.2) is 42.2 Å². The number of ether oxygens (including phenoxy) is 1. The number of aryl methyl sites for hydroxylation is 2. The molecule has 1 saturated heterocycles. The zero-order valence-corrected chi connectivity index (χ0v) is 17.2. The van der Waals surface area contributed by atoms with Gasteiger partial charge in [0.05, 0.1) is 13.2 Å². The first-order chi connectivity index (χ1) is 14.6. The number of aromatic nitrogens is 2. The van der Waals surface area contributed by atoms with Crippen LogP contribution in [0.15, 0.2) is 54.6 Å². The Morgan fingerprint density at radius 1 is 0.933 bits per heavy atom.